The Morgan fingerprint density at radius 3 is 2.52 bits per heavy atom. The minimum atomic E-state index is -0.895. The van der Waals surface area contributed by atoms with Gasteiger partial charge in [0.2, 0.25) is 0 Å². The molecule has 0 saturated carbocycles. The number of para-hydroxylation sites is 1. The van der Waals surface area contributed by atoms with Crippen LogP contribution in [0.1, 0.15) is 29.5 Å². The first-order valence-electron chi connectivity index (χ1n) is 8.85. The van der Waals surface area contributed by atoms with Crippen LogP contribution in [0.15, 0.2) is 36.4 Å². The number of hydrogen-bond donors (Lipinski definition) is 0. The standard InChI is InChI=1S/C20H19ClF2N2OS/c1-25-8-6-13(7-9-25)26-19(18-14(22)10-12(21)11-15(18)23)20-24-16-4-2-3-5-17(16)27-20/h2-5,10-11,13,19H,6-9H2,1H3. The molecule has 0 spiro atoms. The van der Waals surface area contributed by atoms with Crippen molar-refractivity contribution in [1.82, 2.24) is 9.88 Å². The van der Waals surface area contributed by atoms with E-state index < -0.39 is 17.7 Å². The number of thiazole rings is 1. The van der Waals surface area contributed by atoms with Crippen LogP contribution >= 0.6 is 22.9 Å². The molecule has 1 aliphatic heterocycles. The van der Waals surface area contributed by atoms with Crippen molar-refractivity contribution < 1.29 is 13.5 Å². The molecule has 2 heterocycles. The highest BCUT2D eigenvalue weighted by Gasteiger charge is 2.30. The molecule has 0 radical (unpaired) electrons. The van der Waals surface area contributed by atoms with E-state index in [0.29, 0.717) is 5.01 Å². The van der Waals surface area contributed by atoms with Crippen LogP contribution in [-0.4, -0.2) is 36.1 Å². The number of nitrogens with zero attached hydrogens (tertiary/aromatic N) is 2. The largest absolute Gasteiger partial charge is 0.363 e. The third kappa shape index (κ3) is 3.99. The molecule has 1 unspecified atom stereocenters. The van der Waals surface area contributed by atoms with Crippen LogP contribution in [0.5, 0.6) is 0 Å². The molecule has 2 aromatic carbocycles. The van der Waals surface area contributed by atoms with Gasteiger partial charge in [-0.15, -0.1) is 11.3 Å². The number of rotatable bonds is 4. The molecule has 7 heteroatoms. The van der Waals surface area contributed by atoms with Gasteiger partial charge in [-0.05, 0) is 44.2 Å². The molecule has 0 amide bonds. The lowest BCUT2D eigenvalue weighted by Gasteiger charge is -2.31. The number of halogens is 3. The molecular formula is C20H19ClF2N2OS. The Bertz CT molecular complexity index is 900. The molecular weight excluding hydrogens is 390 g/mol. The molecule has 1 aliphatic rings. The number of aromatic nitrogens is 1. The van der Waals surface area contributed by atoms with Gasteiger partial charge in [0.1, 0.15) is 22.7 Å². The van der Waals surface area contributed by atoms with E-state index >= 15 is 0 Å². The van der Waals surface area contributed by atoms with Crippen molar-refractivity contribution in [3.05, 3.63) is 63.6 Å². The summed E-state index contributed by atoms with van der Waals surface area (Å²) < 4.78 is 36.6. The van der Waals surface area contributed by atoms with Crippen LogP contribution in [-0.2, 0) is 4.74 Å². The Labute approximate surface area is 165 Å². The van der Waals surface area contributed by atoms with Crippen LogP contribution in [0, 0.1) is 11.6 Å². The maximum absolute atomic E-state index is 14.7. The van der Waals surface area contributed by atoms with E-state index in [0.717, 1.165) is 48.3 Å². The van der Waals surface area contributed by atoms with Gasteiger partial charge in [-0.2, -0.15) is 0 Å². The fourth-order valence-electron chi connectivity index (χ4n) is 3.37. The zero-order chi connectivity index (χ0) is 19.0. The zero-order valence-corrected chi connectivity index (χ0v) is 16.4. The van der Waals surface area contributed by atoms with Gasteiger partial charge in [-0.25, -0.2) is 13.8 Å². The Kier molecular flexibility index (Phi) is 5.41. The molecule has 27 heavy (non-hydrogen) atoms. The summed E-state index contributed by atoms with van der Waals surface area (Å²) in [4.78, 5) is 6.81. The fourth-order valence-corrected chi connectivity index (χ4v) is 4.58. The van der Waals surface area contributed by atoms with E-state index in [1.165, 1.54) is 11.3 Å². The second-order valence-corrected chi connectivity index (χ2v) is 8.32. The van der Waals surface area contributed by atoms with Crippen molar-refractivity contribution in [2.75, 3.05) is 20.1 Å². The number of fused-ring (bicyclic) bond motifs is 1. The first-order chi connectivity index (χ1) is 13.0. The zero-order valence-electron chi connectivity index (χ0n) is 14.8. The Morgan fingerprint density at radius 2 is 1.85 bits per heavy atom. The molecule has 0 bridgehead atoms. The van der Waals surface area contributed by atoms with E-state index in [1.807, 2.05) is 24.3 Å². The van der Waals surface area contributed by atoms with Crippen molar-refractivity contribution in [3.63, 3.8) is 0 Å². The van der Waals surface area contributed by atoms with Gasteiger partial charge in [0.15, 0.2) is 0 Å². The van der Waals surface area contributed by atoms with Crippen LogP contribution < -0.4 is 0 Å². The van der Waals surface area contributed by atoms with E-state index in [4.69, 9.17) is 16.3 Å². The van der Waals surface area contributed by atoms with Gasteiger partial charge in [0, 0.05) is 18.1 Å². The van der Waals surface area contributed by atoms with E-state index in [9.17, 15) is 8.78 Å². The van der Waals surface area contributed by atoms with Crippen molar-refractivity contribution in [2.45, 2.75) is 25.0 Å². The van der Waals surface area contributed by atoms with Crippen LogP contribution in [0.3, 0.4) is 0 Å². The number of piperidine rings is 1. The number of benzene rings is 2. The van der Waals surface area contributed by atoms with Crippen molar-refractivity contribution in [2.24, 2.45) is 0 Å². The molecule has 4 rings (SSSR count). The summed E-state index contributed by atoms with van der Waals surface area (Å²) in [6.45, 7) is 1.78. The highest BCUT2D eigenvalue weighted by atomic mass is 35.5. The van der Waals surface area contributed by atoms with Crippen LogP contribution in [0.25, 0.3) is 10.2 Å². The Balaban J connectivity index is 1.75. The summed E-state index contributed by atoms with van der Waals surface area (Å²) in [5, 5.41) is 0.575. The fraction of sp³-hybridized carbons (Fsp3) is 0.350. The van der Waals surface area contributed by atoms with Gasteiger partial charge in [-0.1, -0.05) is 23.7 Å². The molecule has 1 aromatic heterocycles. The number of ether oxygens (including phenoxy) is 1. The van der Waals surface area contributed by atoms with E-state index in [-0.39, 0.29) is 16.7 Å². The predicted molar refractivity (Wildman–Crippen MR) is 104 cm³/mol. The summed E-state index contributed by atoms with van der Waals surface area (Å²) >= 11 is 7.20. The Hall–Kier alpha value is -1.60. The average molecular weight is 409 g/mol. The first kappa shape index (κ1) is 18.7. The lowest BCUT2D eigenvalue weighted by molar-refractivity contribution is -0.0259. The SMILES string of the molecule is CN1CCC(OC(c2nc3ccccc3s2)c2c(F)cc(Cl)cc2F)CC1. The first-order valence-corrected chi connectivity index (χ1v) is 10.0. The van der Waals surface area contributed by atoms with Gasteiger partial charge in [-0.3, -0.25) is 0 Å². The molecule has 3 aromatic rings. The highest BCUT2D eigenvalue weighted by Crippen LogP contribution is 2.37. The predicted octanol–water partition coefficient (Wildman–Crippen LogP) is 5.43. The van der Waals surface area contributed by atoms with Gasteiger partial charge in [0.25, 0.3) is 0 Å². The Morgan fingerprint density at radius 1 is 1.19 bits per heavy atom. The summed E-state index contributed by atoms with van der Waals surface area (Å²) in [5.74, 6) is -1.42. The molecule has 0 aliphatic carbocycles. The minimum Gasteiger partial charge on any atom is -0.363 e. The second-order valence-electron chi connectivity index (χ2n) is 6.82. The molecule has 3 nitrogen and oxygen atoms in total. The quantitative estimate of drug-likeness (QED) is 0.575. The van der Waals surface area contributed by atoms with Gasteiger partial charge < -0.3 is 9.64 Å². The van der Waals surface area contributed by atoms with E-state index in [2.05, 4.69) is 16.9 Å². The minimum absolute atomic E-state index is 0.0242. The summed E-state index contributed by atoms with van der Waals surface area (Å²) in [7, 11) is 2.06. The van der Waals surface area contributed by atoms with Crippen molar-refractivity contribution >= 4 is 33.2 Å². The smallest absolute Gasteiger partial charge is 0.140 e. The highest BCUT2D eigenvalue weighted by molar-refractivity contribution is 7.18. The maximum Gasteiger partial charge on any atom is 0.140 e. The summed E-state index contributed by atoms with van der Waals surface area (Å²) in [6, 6.07) is 9.88. The topological polar surface area (TPSA) is 25.4 Å². The monoisotopic (exact) mass is 408 g/mol. The number of hydrogen-bond acceptors (Lipinski definition) is 4. The maximum atomic E-state index is 14.7. The van der Waals surface area contributed by atoms with Crippen molar-refractivity contribution in [3.8, 4) is 0 Å². The van der Waals surface area contributed by atoms with Crippen LogP contribution in [0.4, 0.5) is 8.78 Å². The van der Waals surface area contributed by atoms with E-state index in [1.54, 1.807) is 0 Å². The lowest BCUT2D eigenvalue weighted by Crippen LogP contribution is -2.35. The second kappa shape index (κ2) is 7.80. The molecule has 0 N–H and O–H groups in total. The summed E-state index contributed by atoms with van der Waals surface area (Å²) in [6.07, 6.45) is 0.657. The average Bonchev–Trinajstić information content (AvgIpc) is 3.05. The summed E-state index contributed by atoms with van der Waals surface area (Å²) in [5.41, 5.74) is 0.668. The number of likely N-dealkylation sites (tertiary alicyclic amines) is 1. The third-order valence-corrected chi connectivity index (χ3v) is 6.13. The molecule has 1 atom stereocenters. The van der Waals surface area contributed by atoms with Gasteiger partial charge >= 0.3 is 0 Å². The molecule has 142 valence electrons. The van der Waals surface area contributed by atoms with Crippen molar-refractivity contribution in [1.29, 1.82) is 0 Å². The van der Waals surface area contributed by atoms with Crippen LogP contribution in [0.2, 0.25) is 5.02 Å². The normalized spacial score (nSPS) is 17.5. The molecule has 1 saturated heterocycles. The lowest BCUT2D eigenvalue weighted by atomic mass is 10.1. The third-order valence-electron chi connectivity index (χ3n) is 4.83. The van der Waals surface area contributed by atoms with Gasteiger partial charge in [0.05, 0.1) is 21.9 Å². The molecule has 1 fully saturated rings.